The Labute approximate surface area is 181 Å². The number of nitrogens with zero attached hydrogens (tertiary/aromatic N) is 1. The van der Waals surface area contributed by atoms with Crippen LogP contribution < -0.4 is 19.3 Å². The molecule has 0 saturated carbocycles. The van der Waals surface area contributed by atoms with E-state index in [1.807, 2.05) is 6.07 Å². The van der Waals surface area contributed by atoms with Gasteiger partial charge in [0.1, 0.15) is 17.2 Å². The molecule has 2 aromatic carbocycles. The van der Waals surface area contributed by atoms with E-state index >= 15 is 0 Å². The third-order valence-electron chi connectivity index (χ3n) is 4.28. The molecule has 0 spiro atoms. The van der Waals surface area contributed by atoms with Crippen molar-refractivity contribution in [2.24, 2.45) is 5.14 Å². The Hall–Kier alpha value is -2.09. The minimum absolute atomic E-state index is 0.0000734. The van der Waals surface area contributed by atoms with Gasteiger partial charge in [-0.2, -0.15) is 0 Å². The van der Waals surface area contributed by atoms with Crippen LogP contribution in [0, 0.1) is 3.57 Å². The van der Waals surface area contributed by atoms with Crippen LogP contribution in [0.2, 0.25) is 0 Å². The van der Waals surface area contributed by atoms with Gasteiger partial charge < -0.3 is 23.5 Å². The number of sulfonamides is 1. The predicted molar refractivity (Wildman–Crippen MR) is 114 cm³/mol. The van der Waals surface area contributed by atoms with E-state index in [0.717, 1.165) is 9.13 Å². The lowest BCUT2D eigenvalue weighted by atomic mass is 10.0. The van der Waals surface area contributed by atoms with E-state index < -0.39 is 10.0 Å². The molecule has 156 valence electrons. The monoisotopic (exact) mass is 534 g/mol. The summed E-state index contributed by atoms with van der Waals surface area (Å²) < 4.78 is 52.1. The lowest BCUT2D eigenvalue weighted by Gasteiger charge is -2.15. The van der Waals surface area contributed by atoms with Crippen molar-refractivity contribution in [1.29, 1.82) is 0 Å². The molecule has 29 heavy (non-hydrogen) atoms. The van der Waals surface area contributed by atoms with Gasteiger partial charge in [-0.1, -0.05) is 5.16 Å². The number of nitrogens with two attached hydrogens (primary N) is 1. The Morgan fingerprint density at radius 3 is 2.34 bits per heavy atom. The Morgan fingerprint density at radius 1 is 1.10 bits per heavy atom. The van der Waals surface area contributed by atoms with E-state index in [1.54, 1.807) is 13.2 Å². The summed E-state index contributed by atoms with van der Waals surface area (Å²) in [6, 6.07) is 4.93. The number of ether oxygens (including phenoxy) is 4. The lowest BCUT2D eigenvalue weighted by Crippen LogP contribution is -2.15. The zero-order valence-electron chi connectivity index (χ0n) is 16.1. The average Bonchev–Trinajstić information content (AvgIpc) is 3.13. The minimum Gasteiger partial charge on any atom is -0.496 e. The zero-order chi connectivity index (χ0) is 21.3. The van der Waals surface area contributed by atoms with Gasteiger partial charge >= 0.3 is 0 Å². The third-order valence-corrected chi connectivity index (χ3v) is 6.42. The van der Waals surface area contributed by atoms with Crippen LogP contribution in [-0.4, -0.2) is 42.0 Å². The normalized spacial score (nSPS) is 11.7. The van der Waals surface area contributed by atoms with Gasteiger partial charge in [0.15, 0.2) is 16.2 Å². The quantitative estimate of drug-likeness (QED) is 0.460. The highest BCUT2D eigenvalue weighted by molar-refractivity contribution is 14.1. The van der Waals surface area contributed by atoms with Gasteiger partial charge in [0.25, 0.3) is 0 Å². The van der Waals surface area contributed by atoms with Gasteiger partial charge in [0.05, 0.1) is 36.9 Å². The van der Waals surface area contributed by atoms with E-state index in [-0.39, 0.29) is 16.4 Å². The summed E-state index contributed by atoms with van der Waals surface area (Å²) >= 11 is 2.14. The maximum absolute atomic E-state index is 12.2. The number of methoxy groups -OCH3 is 4. The van der Waals surface area contributed by atoms with Crippen molar-refractivity contribution >= 4 is 43.6 Å². The molecule has 0 atom stereocenters. The Bertz CT molecular complexity index is 1170. The van der Waals surface area contributed by atoms with Crippen molar-refractivity contribution in [2.75, 3.05) is 28.4 Å². The van der Waals surface area contributed by atoms with Crippen LogP contribution in [-0.2, 0) is 21.4 Å². The molecule has 11 heteroatoms. The maximum atomic E-state index is 12.2. The molecule has 0 aliphatic heterocycles. The van der Waals surface area contributed by atoms with Crippen LogP contribution >= 0.6 is 22.6 Å². The molecule has 0 unspecified atom stereocenters. The second-order valence-corrected chi connectivity index (χ2v) is 8.52. The number of hydrogen-bond acceptors (Lipinski definition) is 8. The molecular weight excluding hydrogens is 515 g/mol. The number of benzene rings is 2. The third kappa shape index (κ3) is 3.74. The van der Waals surface area contributed by atoms with E-state index in [1.165, 1.54) is 27.4 Å². The number of aromatic nitrogens is 1. The Balaban J connectivity index is 2.39. The molecule has 0 aliphatic rings. The van der Waals surface area contributed by atoms with Gasteiger partial charge in [-0.05, 0) is 46.4 Å². The van der Waals surface area contributed by atoms with Crippen molar-refractivity contribution in [3.63, 3.8) is 0 Å². The second kappa shape index (κ2) is 8.34. The summed E-state index contributed by atoms with van der Waals surface area (Å²) in [5.41, 5.74) is 2.07. The summed E-state index contributed by atoms with van der Waals surface area (Å²) in [6.07, 6.45) is 0. The highest BCUT2D eigenvalue weighted by atomic mass is 127. The maximum Gasteiger partial charge on any atom is 0.245 e. The topological polar surface area (TPSA) is 123 Å². The first-order valence-electron chi connectivity index (χ1n) is 8.20. The molecule has 2 N–H and O–H groups in total. The number of fused-ring (bicyclic) bond motifs is 1. The van der Waals surface area contributed by atoms with Crippen molar-refractivity contribution in [1.82, 2.24) is 5.16 Å². The van der Waals surface area contributed by atoms with E-state index in [9.17, 15) is 8.42 Å². The average molecular weight is 534 g/mol. The SMILES string of the molecule is COCc1cc(OC)c2c(-c3ccc(OC)c(S(N)(=O)=O)c3OC)noc2c1I. The van der Waals surface area contributed by atoms with Crippen LogP contribution in [0.15, 0.2) is 27.6 Å². The van der Waals surface area contributed by atoms with Gasteiger partial charge in [0, 0.05) is 12.7 Å². The molecule has 0 fully saturated rings. The molecule has 3 aromatic rings. The first-order chi connectivity index (χ1) is 13.8. The summed E-state index contributed by atoms with van der Waals surface area (Å²) in [7, 11) is 1.65. The molecule has 0 saturated heterocycles. The lowest BCUT2D eigenvalue weighted by molar-refractivity contribution is 0.184. The second-order valence-electron chi connectivity index (χ2n) is 5.94. The molecule has 3 rings (SSSR count). The molecular formula is C18H19IN2O7S. The fraction of sp³-hybridized carbons (Fsp3) is 0.278. The fourth-order valence-electron chi connectivity index (χ4n) is 3.08. The standard InChI is InChI=1S/C18H19IN2O7S/c1-24-8-9-7-12(26-3)13-15(21-28-17(13)14(9)19)10-5-6-11(25-2)18(16(10)27-4)29(20,22)23/h5-7H,8H2,1-4H3,(H2,20,22,23). The van der Waals surface area contributed by atoms with Gasteiger partial charge in [-0.25, -0.2) is 13.6 Å². The summed E-state index contributed by atoms with van der Waals surface area (Å²) in [5.74, 6) is 0.559. The molecule has 0 bridgehead atoms. The summed E-state index contributed by atoms with van der Waals surface area (Å²) in [6.45, 7) is 0.363. The molecule has 9 nitrogen and oxygen atoms in total. The Morgan fingerprint density at radius 2 is 1.79 bits per heavy atom. The van der Waals surface area contributed by atoms with Gasteiger partial charge in [-0.15, -0.1) is 0 Å². The van der Waals surface area contributed by atoms with Crippen molar-refractivity contribution in [3.8, 4) is 28.5 Å². The molecule has 1 aromatic heterocycles. The Kier molecular flexibility index (Phi) is 6.22. The van der Waals surface area contributed by atoms with Crippen molar-refractivity contribution in [2.45, 2.75) is 11.5 Å². The molecule has 0 radical (unpaired) electrons. The molecule has 1 heterocycles. The fourth-order valence-corrected chi connectivity index (χ4v) is 4.64. The molecule has 0 amide bonds. The first kappa shape index (κ1) is 21.6. The number of hydrogen-bond donors (Lipinski definition) is 1. The van der Waals surface area contributed by atoms with Crippen molar-refractivity contribution in [3.05, 3.63) is 27.3 Å². The van der Waals surface area contributed by atoms with Crippen LogP contribution in [0.1, 0.15) is 5.56 Å². The highest BCUT2D eigenvalue weighted by Crippen LogP contribution is 2.45. The van der Waals surface area contributed by atoms with E-state index in [2.05, 4.69) is 27.7 Å². The summed E-state index contributed by atoms with van der Waals surface area (Å²) in [4.78, 5) is -0.277. The molecule has 0 aliphatic carbocycles. The van der Waals surface area contributed by atoms with E-state index in [4.69, 9.17) is 28.6 Å². The predicted octanol–water partition coefficient (Wildman–Crippen LogP) is 2.92. The number of primary sulfonamides is 1. The summed E-state index contributed by atoms with van der Waals surface area (Å²) in [5, 5.41) is 10.1. The smallest absolute Gasteiger partial charge is 0.245 e. The zero-order valence-corrected chi connectivity index (χ0v) is 19.1. The highest BCUT2D eigenvalue weighted by Gasteiger charge is 2.29. The van der Waals surface area contributed by atoms with Crippen LogP contribution in [0.3, 0.4) is 0 Å². The van der Waals surface area contributed by atoms with E-state index in [0.29, 0.717) is 34.6 Å². The van der Waals surface area contributed by atoms with Gasteiger partial charge in [-0.3, -0.25) is 0 Å². The number of rotatable bonds is 7. The van der Waals surface area contributed by atoms with Crippen LogP contribution in [0.25, 0.3) is 22.2 Å². The van der Waals surface area contributed by atoms with Crippen molar-refractivity contribution < 1.29 is 31.9 Å². The first-order valence-corrected chi connectivity index (χ1v) is 10.8. The van der Waals surface area contributed by atoms with Gasteiger partial charge in [0.2, 0.25) is 10.0 Å². The number of halogens is 1. The van der Waals surface area contributed by atoms with Crippen LogP contribution in [0.4, 0.5) is 0 Å². The van der Waals surface area contributed by atoms with Crippen LogP contribution in [0.5, 0.6) is 17.2 Å². The minimum atomic E-state index is -4.15. The largest absolute Gasteiger partial charge is 0.496 e.